The number of aliphatic carboxylic acids is 1. The van der Waals surface area contributed by atoms with Crippen LogP contribution in [0.5, 0.6) is 0 Å². The number of likely N-dealkylation sites (tertiary alicyclic amines) is 1. The summed E-state index contributed by atoms with van der Waals surface area (Å²) in [7, 11) is 0. The molecule has 0 aromatic heterocycles. The molecule has 30 heavy (non-hydrogen) atoms. The first-order valence-electron chi connectivity index (χ1n) is 10.7. The minimum absolute atomic E-state index is 0.175. The Morgan fingerprint density at radius 2 is 1.80 bits per heavy atom. The molecule has 1 aliphatic rings. The van der Waals surface area contributed by atoms with Gasteiger partial charge in [-0.1, -0.05) is 26.7 Å². The van der Waals surface area contributed by atoms with Crippen LogP contribution < -0.4 is 22.1 Å². The highest BCUT2D eigenvalue weighted by molar-refractivity contribution is 5.94. The van der Waals surface area contributed by atoms with Crippen molar-refractivity contribution in [3.8, 4) is 0 Å². The van der Waals surface area contributed by atoms with Gasteiger partial charge in [0.15, 0.2) is 0 Å². The highest BCUT2D eigenvalue weighted by Crippen LogP contribution is 2.18. The Bertz CT molecular complexity index is 614. The lowest BCUT2D eigenvalue weighted by atomic mass is 9.97. The third-order valence-corrected chi connectivity index (χ3v) is 5.65. The van der Waals surface area contributed by atoms with Crippen LogP contribution in [0.2, 0.25) is 0 Å². The van der Waals surface area contributed by atoms with Gasteiger partial charge in [-0.3, -0.25) is 14.4 Å². The van der Waals surface area contributed by atoms with Crippen molar-refractivity contribution in [1.29, 1.82) is 0 Å². The molecule has 10 heteroatoms. The molecule has 5 unspecified atom stereocenters. The molecule has 0 aromatic carbocycles. The van der Waals surface area contributed by atoms with E-state index in [9.17, 15) is 24.3 Å². The molecular formula is C20H37N5O5. The van der Waals surface area contributed by atoms with E-state index in [1.54, 1.807) is 0 Å². The molecule has 0 aliphatic carbocycles. The molecule has 172 valence electrons. The molecule has 1 saturated heterocycles. The van der Waals surface area contributed by atoms with Gasteiger partial charge < -0.3 is 32.1 Å². The normalized spacial score (nSPS) is 20.2. The van der Waals surface area contributed by atoms with Crippen LogP contribution in [0.3, 0.4) is 0 Å². The van der Waals surface area contributed by atoms with Crippen molar-refractivity contribution >= 4 is 23.7 Å². The van der Waals surface area contributed by atoms with E-state index in [0.717, 1.165) is 12.8 Å². The zero-order chi connectivity index (χ0) is 22.8. The fourth-order valence-corrected chi connectivity index (χ4v) is 3.50. The highest BCUT2D eigenvalue weighted by atomic mass is 16.4. The predicted octanol–water partition coefficient (Wildman–Crippen LogP) is -0.446. The Hall–Kier alpha value is -2.20. The molecule has 1 heterocycles. The van der Waals surface area contributed by atoms with Crippen molar-refractivity contribution in [3.63, 3.8) is 0 Å². The third-order valence-electron chi connectivity index (χ3n) is 5.65. The van der Waals surface area contributed by atoms with Crippen LogP contribution in [0.4, 0.5) is 0 Å². The summed E-state index contributed by atoms with van der Waals surface area (Å²) in [6, 6.07) is -3.35. The molecule has 7 N–H and O–H groups in total. The summed E-state index contributed by atoms with van der Waals surface area (Å²) in [6.07, 6.45) is 3.60. The monoisotopic (exact) mass is 427 g/mol. The van der Waals surface area contributed by atoms with Crippen molar-refractivity contribution in [2.24, 2.45) is 17.4 Å². The number of amides is 3. The van der Waals surface area contributed by atoms with Gasteiger partial charge in [0.25, 0.3) is 0 Å². The van der Waals surface area contributed by atoms with Crippen LogP contribution in [-0.2, 0) is 19.2 Å². The molecular weight excluding hydrogens is 390 g/mol. The Labute approximate surface area is 178 Å². The first kappa shape index (κ1) is 25.8. The number of carbonyl (C=O) groups is 4. The number of carbonyl (C=O) groups excluding carboxylic acids is 3. The lowest BCUT2D eigenvalue weighted by Gasteiger charge is -2.29. The number of nitrogens with one attached hydrogen (secondary N) is 2. The summed E-state index contributed by atoms with van der Waals surface area (Å²) in [6.45, 7) is 6.12. The van der Waals surface area contributed by atoms with E-state index < -0.39 is 47.9 Å². The van der Waals surface area contributed by atoms with Crippen LogP contribution in [0.1, 0.15) is 59.3 Å². The maximum atomic E-state index is 12.8. The number of hydrogen-bond donors (Lipinski definition) is 5. The summed E-state index contributed by atoms with van der Waals surface area (Å²) < 4.78 is 0. The van der Waals surface area contributed by atoms with Crippen LogP contribution in [0.25, 0.3) is 0 Å². The zero-order valence-corrected chi connectivity index (χ0v) is 18.2. The Morgan fingerprint density at radius 1 is 1.13 bits per heavy atom. The van der Waals surface area contributed by atoms with Crippen LogP contribution in [0, 0.1) is 5.92 Å². The molecule has 0 radical (unpaired) electrons. The Balaban J connectivity index is 2.75. The van der Waals surface area contributed by atoms with Crippen LogP contribution in [-0.4, -0.2) is 71.0 Å². The minimum Gasteiger partial charge on any atom is -0.480 e. The average molecular weight is 428 g/mol. The zero-order valence-electron chi connectivity index (χ0n) is 18.2. The number of carboxylic acid groups (broad SMARTS) is 1. The molecule has 0 saturated carbocycles. The first-order valence-corrected chi connectivity index (χ1v) is 10.7. The lowest BCUT2D eigenvalue weighted by Crippen LogP contribution is -2.58. The molecule has 3 amide bonds. The number of nitrogens with zero attached hydrogens (tertiary/aromatic N) is 1. The van der Waals surface area contributed by atoms with E-state index in [4.69, 9.17) is 11.5 Å². The van der Waals surface area contributed by atoms with E-state index in [2.05, 4.69) is 10.6 Å². The quantitative estimate of drug-likeness (QED) is 0.263. The first-order chi connectivity index (χ1) is 14.1. The lowest BCUT2D eigenvalue weighted by molar-refractivity contribution is -0.149. The van der Waals surface area contributed by atoms with Gasteiger partial charge in [0.1, 0.15) is 18.1 Å². The minimum atomic E-state index is -1.05. The average Bonchev–Trinajstić information content (AvgIpc) is 3.20. The summed E-state index contributed by atoms with van der Waals surface area (Å²) in [4.78, 5) is 50.6. The standard InChI is InChI=1S/C20H37N5O5/c1-4-12(2)16(24-17(26)14(22)8-5-6-10-21)18(27)23-13(3)19(28)25-11-7-9-15(25)20(29)30/h12-16H,4-11,21-22H2,1-3H3,(H,23,27)(H,24,26)(H,29,30). The van der Waals surface area contributed by atoms with Gasteiger partial charge in [-0.2, -0.15) is 0 Å². The predicted molar refractivity (Wildman–Crippen MR) is 112 cm³/mol. The van der Waals surface area contributed by atoms with Crippen LogP contribution in [0.15, 0.2) is 0 Å². The van der Waals surface area contributed by atoms with Gasteiger partial charge in [0, 0.05) is 6.54 Å². The molecule has 1 rings (SSSR count). The van der Waals surface area contributed by atoms with Gasteiger partial charge >= 0.3 is 5.97 Å². The van der Waals surface area contributed by atoms with E-state index in [1.165, 1.54) is 11.8 Å². The maximum absolute atomic E-state index is 12.8. The summed E-state index contributed by atoms with van der Waals surface area (Å²) in [5, 5.41) is 14.6. The van der Waals surface area contributed by atoms with Crippen molar-refractivity contribution in [3.05, 3.63) is 0 Å². The smallest absolute Gasteiger partial charge is 0.326 e. The number of nitrogens with two attached hydrogens (primary N) is 2. The third kappa shape index (κ3) is 7.24. The van der Waals surface area contributed by atoms with Crippen molar-refractivity contribution < 1.29 is 24.3 Å². The van der Waals surface area contributed by atoms with Crippen molar-refractivity contribution in [2.75, 3.05) is 13.1 Å². The second-order valence-corrected chi connectivity index (χ2v) is 8.02. The second-order valence-electron chi connectivity index (χ2n) is 8.02. The van der Waals surface area contributed by atoms with Crippen LogP contribution >= 0.6 is 0 Å². The highest BCUT2D eigenvalue weighted by Gasteiger charge is 2.37. The topological polar surface area (TPSA) is 168 Å². The Morgan fingerprint density at radius 3 is 2.37 bits per heavy atom. The summed E-state index contributed by atoms with van der Waals surface area (Å²) in [5.41, 5.74) is 11.4. The van der Waals surface area contributed by atoms with Gasteiger partial charge in [0.05, 0.1) is 6.04 Å². The van der Waals surface area contributed by atoms with Gasteiger partial charge in [-0.05, 0) is 45.1 Å². The van der Waals surface area contributed by atoms with Crippen molar-refractivity contribution in [1.82, 2.24) is 15.5 Å². The van der Waals surface area contributed by atoms with Gasteiger partial charge in [-0.25, -0.2) is 4.79 Å². The second kappa shape index (κ2) is 12.5. The van der Waals surface area contributed by atoms with Gasteiger partial charge in [0.2, 0.25) is 17.7 Å². The molecule has 1 aliphatic heterocycles. The number of rotatable bonds is 12. The van der Waals surface area contributed by atoms with Crippen molar-refractivity contribution in [2.45, 2.75) is 83.5 Å². The molecule has 0 aromatic rings. The molecule has 10 nitrogen and oxygen atoms in total. The number of hydrogen-bond acceptors (Lipinski definition) is 6. The van der Waals surface area contributed by atoms with Gasteiger partial charge in [-0.15, -0.1) is 0 Å². The number of unbranched alkanes of at least 4 members (excludes halogenated alkanes) is 1. The number of carboxylic acids is 1. The van der Waals surface area contributed by atoms with E-state index in [0.29, 0.717) is 38.8 Å². The Kier molecular flexibility index (Phi) is 10.8. The van der Waals surface area contributed by atoms with E-state index in [-0.39, 0.29) is 5.92 Å². The maximum Gasteiger partial charge on any atom is 0.326 e. The molecule has 0 spiro atoms. The molecule has 5 atom stereocenters. The summed E-state index contributed by atoms with van der Waals surface area (Å²) in [5.74, 6) is -2.57. The fraction of sp³-hybridized carbons (Fsp3) is 0.800. The molecule has 0 bridgehead atoms. The fourth-order valence-electron chi connectivity index (χ4n) is 3.50. The SMILES string of the molecule is CCC(C)C(NC(=O)C(N)CCCCN)C(=O)NC(C)C(=O)N1CCCC1C(=O)O. The van der Waals surface area contributed by atoms with E-state index in [1.807, 2.05) is 13.8 Å². The molecule has 1 fully saturated rings. The van der Waals surface area contributed by atoms with E-state index >= 15 is 0 Å². The summed E-state index contributed by atoms with van der Waals surface area (Å²) >= 11 is 0. The largest absolute Gasteiger partial charge is 0.480 e.